The fourth-order valence-electron chi connectivity index (χ4n) is 2.57. The van der Waals surface area contributed by atoms with Gasteiger partial charge in [-0.25, -0.2) is 4.99 Å². The van der Waals surface area contributed by atoms with E-state index in [1.807, 2.05) is 36.4 Å². The van der Waals surface area contributed by atoms with E-state index in [9.17, 15) is 9.59 Å². The fourth-order valence-corrected chi connectivity index (χ4v) is 3.63. The molecule has 1 saturated heterocycles. The standard InChI is InChI=1S/C18H13ClN4O2S/c19-13-7-4-8-14-12(13)9-15(21-14)17(25)22-23-16(24)10-26-18(23)20-11-5-2-1-3-6-11/h1-9,21H,10H2,(H,22,25). The number of hydrazine groups is 1. The summed E-state index contributed by atoms with van der Waals surface area (Å²) in [4.78, 5) is 32.2. The minimum absolute atomic E-state index is 0.227. The first kappa shape index (κ1) is 16.7. The van der Waals surface area contributed by atoms with Gasteiger partial charge in [-0.15, -0.1) is 0 Å². The Hall–Kier alpha value is -2.77. The zero-order chi connectivity index (χ0) is 18.1. The second-order valence-corrected chi connectivity index (χ2v) is 6.92. The van der Waals surface area contributed by atoms with Crippen LogP contribution in [0.1, 0.15) is 10.5 Å². The Morgan fingerprint density at radius 3 is 2.77 bits per heavy atom. The summed E-state index contributed by atoms with van der Waals surface area (Å²) in [5.74, 6) is -0.439. The van der Waals surface area contributed by atoms with Gasteiger partial charge in [-0.2, -0.15) is 5.01 Å². The van der Waals surface area contributed by atoms with Crippen LogP contribution in [0.25, 0.3) is 10.9 Å². The van der Waals surface area contributed by atoms with Gasteiger partial charge in [0.1, 0.15) is 5.69 Å². The normalized spacial score (nSPS) is 15.8. The fraction of sp³-hybridized carbons (Fsp3) is 0.0556. The first-order chi connectivity index (χ1) is 12.6. The average Bonchev–Trinajstić information content (AvgIpc) is 3.22. The molecule has 26 heavy (non-hydrogen) atoms. The van der Waals surface area contributed by atoms with E-state index in [0.29, 0.717) is 21.6 Å². The first-order valence-electron chi connectivity index (χ1n) is 7.79. The number of halogens is 1. The number of amidine groups is 1. The number of para-hydroxylation sites is 1. The number of rotatable bonds is 3. The summed E-state index contributed by atoms with van der Waals surface area (Å²) in [5.41, 5.74) is 4.39. The first-order valence-corrected chi connectivity index (χ1v) is 9.16. The van der Waals surface area contributed by atoms with Crippen molar-refractivity contribution in [2.24, 2.45) is 4.99 Å². The molecule has 0 bridgehead atoms. The van der Waals surface area contributed by atoms with Crippen LogP contribution in [0.15, 0.2) is 59.6 Å². The van der Waals surface area contributed by atoms with Crippen LogP contribution >= 0.6 is 23.4 Å². The predicted molar refractivity (Wildman–Crippen MR) is 104 cm³/mol. The van der Waals surface area contributed by atoms with Gasteiger partial charge in [-0.1, -0.05) is 47.6 Å². The van der Waals surface area contributed by atoms with Crippen molar-refractivity contribution in [2.75, 3.05) is 5.75 Å². The maximum absolute atomic E-state index is 12.6. The van der Waals surface area contributed by atoms with Crippen LogP contribution in [0.3, 0.4) is 0 Å². The van der Waals surface area contributed by atoms with Gasteiger partial charge in [-0.05, 0) is 30.3 Å². The van der Waals surface area contributed by atoms with Crippen LogP contribution in [-0.4, -0.2) is 32.7 Å². The maximum Gasteiger partial charge on any atom is 0.286 e. The minimum atomic E-state index is -0.436. The molecule has 2 amide bonds. The number of aromatic amines is 1. The SMILES string of the molecule is O=C(NN1C(=O)CSC1=Nc1ccccc1)c1cc2c(Cl)cccc2[nH]1. The van der Waals surface area contributed by atoms with Crippen molar-refractivity contribution in [3.05, 3.63) is 65.3 Å². The lowest BCUT2D eigenvalue weighted by molar-refractivity contribution is -0.125. The van der Waals surface area contributed by atoms with Crippen LogP contribution in [0.4, 0.5) is 5.69 Å². The molecule has 0 spiro atoms. The molecule has 0 radical (unpaired) electrons. The molecule has 130 valence electrons. The van der Waals surface area contributed by atoms with Gasteiger partial charge in [0.2, 0.25) is 0 Å². The number of aliphatic imine (C=N–C) groups is 1. The summed E-state index contributed by atoms with van der Waals surface area (Å²) < 4.78 is 0. The third-order valence-electron chi connectivity index (χ3n) is 3.82. The lowest BCUT2D eigenvalue weighted by Gasteiger charge is -2.16. The Morgan fingerprint density at radius 2 is 2.00 bits per heavy atom. The largest absolute Gasteiger partial charge is 0.350 e. The number of carbonyl (C=O) groups is 2. The van der Waals surface area contributed by atoms with E-state index in [4.69, 9.17) is 11.6 Å². The van der Waals surface area contributed by atoms with Gasteiger partial charge >= 0.3 is 0 Å². The number of hydrogen-bond donors (Lipinski definition) is 2. The molecule has 1 aromatic heterocycles. The molecule has 8 heteroatoms. The molecule has 0 atom stereocenters. The summed E-state index contributed by atoms with van der Waals surface area (Å²) in [6.07, 6.45) is 0. The third-order valence-corrected chi connectivity index (χ3v) is 5.07. The topological polar surface area (TPSA) is 77.6 Å². The minimum Gasteiger partial charge on any atom is -0.350 e. The number of thioether (sulfide) groups is 1. The quantitative estimate of drug-likeness (QED) is 0.722. The van der Waals surface area contributed by atoms with E-state index >= 15 is 0 Å². The second-order valence-electron chi connectivity index (χ2n) is 5.57. The highest BCUT2D eigenvalue weighted by atomic mass is 35.5. The summed E-state index contributed by atoms with van der Waals surface area (Å²) in [7, 11) is 0. The highest BCUT2D eigenvalue weighted by molar-refractivity contribution is 8.15. The van der Waals surface area contributed by atoms with Gasteiger partial charge in [0.25, 0.3) is 11.8 Å². The van der Waals surface area contributed by atoms with E-state index in [1.165, 1.54) is 16.8 Å². The molecule has 2 N–H and O–H groups in total. The van der Waals surface area contributed by atoms with Gasteiger partial charge < -0.3 is 4.98 Å². The number of nitrogens with one attached hydrogen (secondary N) is 2. The highest BCUT2D eigenvalue weighted by Crippen LogP contribution is 2.25. The van der Waals surface area contributed by atoms with E-state index in [-0.39, 0.29) is 11.7 Å². The molecule has 6 nitrogen and oxygen atoms in total. The van der Waals surface area contributed by atoms with E-state index in [1.54, 1.807) is 18.2 Å². The third kappa shape index (κ3) is 3.18. The molecule has 1 aliphatic heterocycles. The lowest BCUT2D eigenvalue weighted by atomic mass is 10.2. The molecular weight excluding hydrogens is 372 g/mol. The summed E-state index contributed by atoms with van der Waals surface area (Å²) in [6, 6.07) is 16.3. The van der Waals surface area contributed by atoms with Gasteiger partial charge in [-0.3, -0.25) is 15.0 Å². The Balaban J connectivity index is 1.59. The van der Waals surface area contributed by atoms with Crippen LogP contribution in [0.2, 0.25) is 5.02 Å². The molecule has 0 unspecified atom stereocenters. The van der Waals surface area contributed by atoms with Crippen molar-refractivity contribution < 1.29 is 9.59 Å². The molecule has 2 aromatic carbocycles. The number of benzene rings is 2. The van der Waals surface area contributed by atoms with Crippen molar-refractivity contribution in [3.8, 4) is 0 Å². The molecule has 0 saturated carbocycles. The van der Waals surface area contributed by atoms with E-state index in [0.717, 1.165) is 10.9 Å². The zero-order valence-electron chi connectivity index (χ0n) is 13.4. The number of hydrogen-bond acceptors (Lipinski definition) is 4. The van der Waals surface area contributed by atoms with E-state index < -0.39 is 5.91 Å². The Labute approximate surface area is 158 Å². The number of nitrogens with zero attached hydrogens (tertiary/aromatic N) is 2. The summed E-state index contributed by atoms with van der Waals surface area (Å²) >= 11 is 7.42. The second kappa shape index (κ2) is 6.86. The average molecular weight is 385 g/mol. The van der Waals surface area contributed by atoms with Crippen LogP contribution in [0.5, 0.6) is 0 Å². The van der Waals surface area contributed by atoms with Crippen molar-refractivity contribution >= 4 is 56.9 Å². The van der Waals surface area contributed by atoms with Crippen LogP contribution < -0.4 is 5.43 Å². The number of carbonyl (C=O) groups excluding carboxylic acids is 2. The van der Waals surface area contributed by atoms with Gasteiger partial charge in [0.05, 0.1) is 11.4 Å². The zero-order valence-corrected chi connectivity index (χ0v) is 15.0. The molecule has 0 aliphatic carbocycles. The number of aromatic nitrogens is 1. The molecule has 1 aliphatic rings. The molecule has 2 heterocycles. The van der Waals surface area contributed by atoms with Crippen LogP contribution in [0, 0.1) is 0 Å². The van der Waals surface area contributed by atoms with Crippen molar-refractivity contribution in [1.82, 2.24) is 15.4 Å². The number of amides is 2. The van der Waals surface area contributed by atoms with Gasteiger partial charge in [0.15, 0.2) is 5.17 Å². The predicted octanol–water partition coefficient (Wildman–Crippen LogP) is 3.73. The highest BCUT2D eigenvalue weighted by Gasteiger charge is 2.30. The number of fused-ring (bicyclic) bond motifs is 1. The summed E-state index contributed by atoms with van der Waals surface area (Å²) in [6.45, 7) is 0. The Bertz CT molecular complexity index is 1030. The van der Waals surface area contributed by atoms with Crippen molar-refractivity contribution in [3.63, 3.8) is 0 Å². The Morgan fingerprint density at radius 1 is 1.19 bits per heavy atom. The van der Waals surface area contributed by atoms with Crippen LogP contribution in [-0.2, 0) is 4.79 Å². The number of H-pyrrole nitrogens is 1. The lowest BCUT2D eigenvalue weighted by Crippen LogP contribution is -2.45. The van der Waals surface area contributed by atoms with Crippen molar-refractivity contribution in [2.45, 2.75) is 0 Å². The van der Waals surface area contributed by atoms with Gasteiger partial charge in [0, 0.05) is 15.9 Å². The van der Waals surface area contributed by atoms with Crippen molar-refractivity contribution in [1.29, 1.82) is 0 Å². The Kier molecular flexibility index (Phi) is 4.40. The smallest absolute Gasteiger partial charge is 0.286 e. The molecular formula is C18H13ClN4O2S. The van der Waals surface area contributed by atoms with E-state index in [2.05, 4.69) is 15.4 Å². The molecule has 4 rings (SSSR count). The maximum atomic E-state index is 12.6. The monoisotopic (exact) mass is 384 g/mol. The molecule has 1 fully saturated rings. The summed E-state index contributed by atoms with van der Waals surface area (Å²) in [5, 5.41) is 2.92. The molecule has 3 aromatic rings.